The molecule has 0 aromatic carbocycles. The first-order chi connectivity index (χ1) is 8.92. The van der Waals surface area contributed by atoms with E-state index in [1.165, 1.54) is 12.8 Å². The topological polar surface area (TPSA) is 66.5 Å². The third-order valence-corrected chi connectivity index (χ3v) is 3.27. The Kier molecular flexibility index (Phi) is 3.32. The zero-order valence-electron chi connectivity index (χ0n) is 10.3. The maximum absolute atomic E-state index is 4.57. The number of aromatic amines is 1. The van der Waals surface area contributed by atoms with E-state index < -0.39 is 0 Å². The number of nitrogens with one attached hydrogen (secondary N) is 2. The van der Waals surface area contributed by atoms with Crippen LogP contribution in [-0.2, 0) is 6.42 Å². The second-order valence-corrected chi connectivity index (χ2v) is 4.68. The summed E-state index contributed by atoms with van der Waals surface area (Å²) in [6, 6.07) is 4.31. The lowest BCUT2D eigenvalue weighted by Crippen LogP contribution is -2.27. The van der Waals surface area contributed by atoms with E-state index in [2.05, 4.69) is 25.5 Å². The van der Waals surface area contributed by atoms with E-state index in [0.29, 0.717) is 6.04 Å². The lowest BCUT2D eigenvalue weighted by molar-refractivity contribution is 0.398. The van der Waals surface area contributed by atoms with Crippen LogP contribution in [0.4, 0.5) is 0 Å². The molecule has 0 spiro atoms. The number of pyridine rings is 1. The fraction of sp³-hybridized carbons (Fsp3) is 0.462. The quantitative estimate of drug-likeness (QED) is 0.859. The summed E-state index contributed by atoms with van der Waals surface area (Å²) < 4.78 is 0. The van der Waals surface area contributed by atoms with E-state index in [1.807, 2.05) is 18.3 Å². The molecule has 2 aromatic heterocycles. The smallest absolute Gasteiger partial charge is 0.167 e. The normalized spacial score (nSPS) is 19.9. The predicted molar refractivity (Wildman–Crippen MR) is 68.0 cm³/mol. The Morgan fingerprint density at radius 3 is 3.11 bits per heavy atom. The zero-order valence-corrected chi connectivity index (χ0v) is 10.3. The Morgan fingerprint density at radius 1 is 1.33 bits per heavy atom. The molecule has 5 nitrogen and oxygen atoms in total. The molecule has 1 saturated heterocycles. The molecular formula is C13H17N5. The van der Waals surface area contributed by atoms with Gasteiger partial charge in [0.25, 0.3) is 0 Å². The minimum atomic E-state index is 0.317. The second kappa shape index (κ2) is 5.27. The fourth-order valence-corrected chi connectivity index (χ4v) is 2.31. The number of rotatable bonds is 3. The van der Waals surface area contributed by atoms with Gasteiger partial charge in [-0.15, -0.1) is 0 Å². The summed E-state index contributed by atoms with van der Waals surface area (Å²) in [4.78, 5) is 8.68. The van der Waals surface area contributed by atoms with E-state index in [4.69, 9.17) is 0 Å². The SMILES string of the molecule is c1cncc(Cc2nc(C3CCCCN3)n[nH]2)c1. The summed E-state index contributed by atoms with van der Waals surface area (Å²) in [7, 11) is 0. The van der Waals surface area contributed by atoms with Gasteiger partial charge in [0.2, 0.25) is 0 Å². The van der Waals surface area contributed by atoms with Gasteiger partial charge in [-0.05, 0) is 31.0 Å². The maximum atomic E-state index is 4.57. The third-order valence-electron chi connectivity index (χ3n) is 3.27. The summed E-state index contributed by atoms with van der Waals surface area (Å²) in [5.74, 6) is 1.80. The predicted octanol–water partition coefficient (Wildman–Crippen LogP) is 1.61. The van der Waals surface area contributed by atoms with Crippen molar-refractivity contribution in [3.8, 4) is 0 Å². The Morgan fingerprint density at radius 2 is 2.33 bits per heavy atom. The van der Waals surface area contributed by atoms with Gasteiger partial charge < -0.3 is 5.32 Å². The van der Waals surface area contributed by atoms with Crippen molar-refractivity contribution in [2.24, 2.45) is 0 Å². The Bertz CT molecular complexity index is 487. The van der Waals surface area contributed by atoms with Gasteiger partial charge in [0, 0.05) is 18.8 Å². The average molecular weight is 243 g/mol. The summed E-state index contributed by atoms with van der Waals surface area (Å²) in [5, 5.41) is 10.8. The first-order valence-electron chi connectivity index (χ1n) is 6.45. The highest BCUT2D eigenvalue weighted by molar-refractivity contribution is 5.14. The molecule has 0 saturated carbocycles. The van der Waals surface area contributed by atoms with Crippen molar-refractivity contribution in [3.63, 3.8) is 0 Å². The number of nitrogens with zero attached hydrogens (tertiary/aromatic N) is 3. The standard InChI is InChI=1S/C13H17N5/c1-2-7-15-11(5-1)13-16-12(17-18-13)8-10-4-3-6-14-9-10/h3-4,6,9,11,15H,1-2,5,7-8H2,(H,16,17,18). The minimum absolute atomic E-state index is 0.317. The largest absolute Gasteiger partial charge is 0.307 e. The molecule has 3 rings (SSSR count). The molecule has 1 unspecified atom stereocenters. The number of hydrogen-bond acceptors (Lipinski definition) is 4. The van der Waals surface area contributed by atoms with Crippen molar-refractivity contribution in [1.82, 2.24) is 25.5 Å². The van der Waals surface area contributed by atoms with Crippen LogP contribution in [0.5, 0.6) is 0 Å². The Balaban J connectivity index is 1.69. The lowest BCUT2D eigenvalue weighted by Gasteiger charge is -2.20. The van der Waals surface area contributed by atoms with Crippen molar-refractivity contribution < 1.29 is 0 Å². The number of hydrogen-bond donors (Lipinski definition) is 2. The van der Waals surface area contributed by atoms with Gasteiger partial charge in [0.1, 0.15) is 5.82 Å². The molecule has 1 aliphatic heterocycles. The summed E-state index contributed by atoms with van der Waals surface area (Å²) in [6.07, 6.45) is 8.04. The van der Waals surface area contributed by atoms with E-state index in [1.54, 1.807) is 6.20 Å². The molecular weight excluding hydrogens is 226 g/mol. The van der Waals surface area contributed by atoms with E-state index >= 15 is 0 Å². The fourth-order valence-electron chi connectivity index (χ4n) is 2.31. The molecule has 0 bridgehead atoms. The minimum Gasteiger partial charge on any atom is -0.307 e. The van der Waals surface area contributed by atoms with Crippen LogP contribution in [0, 0.1) is 0 Å². The molecule has 0 radical (unpaired) electrons. The summed E-state index contributed by atoms with van der Waals surface area (Å²) in [6.45, 7) is 1.07. The highest BCUT2D eigenvalue weighted by Gasteiger charge is 2.18. The Labute approximate surface area is 106 Å². The van der Waals surface area contributed by atoms with Crippen molar-refractivity contribution >= 4 is 0 Å². The molecule has 94 valence electrons. The van der Waals surface area contributed by atoms with Crippen molar-refractivity contribution in [2.75, 3.05) is 6.54 Å². The van der Waals surface area contributed by atoms with Crippen LogP contribution in [0.15, 0.2) is 24.5 Å². The van der Waals surface area contributed by atoms with Crippen LogP contribution >= 0.6 is 0 Å². The van der Waals surface area contributed by atoms with Crippen molar-refractivity contribution in [1.29, 1.82) is 0 Å². The van der Waals surface area contributed by atoms with Gasteiger partial charge in [0.05, 0.1) is 6.04 Å². The first kappa shape index (κ1) is 11.3. The van der Waals surface area contributed by atoms with Gasteiger partial charge in [-0.2, -0.15) is 5.10 Å². The molecule has 0 amide bonds. The monoisotopic (exact) mass is 243 g/mol. The molecule has 1 aliphatic rings. The number of H-pyrrole nitrogens is 1. The summed E-state index contributed by atoms with van der Waals surface area (Å²) in [5.41, 5.74) is 1.15. The van der Waals surface area contributed by atoms with Gasteiger partial charge >= 0.3 is 0 Å². The van der Waals surface area contributed by atoms with Crippen LogP contribution in [0.2, 0.25) is 0 Å². The zero-order chi connectivity index (χ0) is 12.2. The Hall–Kier alpha value is -1.75. The third kappa shape index (κ3) is 2.56. The van der Waals surface area contributed by atoms with Crippen LogP contribution < -0.4 is 5.32 Å². The van der Waals surface area contributed by atoms with E-state index in [0.717, 1.165) is 36.6 Å². The molecule has 1 atom stereocenters. The van der Waals surface area contributed by atoms with Crippen LogP contribution in [-0.4, -0.2) is 26.7 Å². The highest BCUT2D eigenvalue weighted by atomic mass is 15.2. The molecule has 1 fully saturated rings. The molecule has 5 heteroatoms. The van der Waals surface area contributed by atoms with Gasteiger partial charge in [-0.25, -0.2) is 4.98 Å². The molecule has 3 heterocycles. The highest BCUT2D eigenvalue weighted by Crippen LogP contribution is 2.19. The van der Waals surface area contributed by atoms with E-state index in [9.17, 15) is 0 Å². The second-order valence-electron chi connectivity index (χ2n) is 4.68. The van der Waals surface area contributed by atoms with Crippen LogP contribution in [0.3, 0.4) is 0 Å². The van der Waals surface area contributed by atoms with Gasteiger partial charge in [-0.3, -0.25) is 10.1 Å². The van der Waals surface area contributed by atoms with Gasteiger partial charge in [-0.1, -0.05) is 12.5 Å². The van der Waals surface area contributed by atoms with Crippen molar-refractivity contribution in [2.45, 2.75) is 31.7 Å². The number of aromatic nitrogens is 4. The van der Waals surface area contributed by atoms with Gasteiger partial charge in [0.15, 0.2) is 5.82 Å². The molecule has 2 aromatic rings. The first-order valence-corrected chi connectivity index (χ1v) is 6.45. The van der Waals surface area contributed by atoms with E-state index in [-0.39, 0.29) is 0 Å². The number of piperidine rings is 1. The molecule has 2 N–H and O–H groups in total. The van der Waals surface area contributed by atoms with Crippen molar-refractivity contribution in [3.05, 3.63) is 41.7 Å². The average Bonchev–Trinajstić information content (AvgIpc) is 2.89. The molecule has 18 heavy (non-hydrogen) atoms. The van der Waals surface area contributed by atoms with Crippen LogP contribution in [0.25, 0.3) is 0 Å². The lowest BCUT2D eigenvalue weighted by atomic mass is 10.0. The summed E-state index contributed by atoms with van der Waals surface area (Å²) >= 11 is 0. The maximum Gasteiger partial charge on any atom is 0.167 e. The molecule has 0 aliphatic carbocycles. The van der Waals surface area contributed by atoms with Crippen LogP contribution in [0.1, 0.15) is 42.5 Å².